The van der Waals surface area contributed by atoms with E-state index in [-0.39, 0.29) is 17.3 Å². The van der Waals surface area contributed by atoms with E-state index in [9.17, 15) is 8.42 Å². The Kier molecular flexibility index (Phi) is 3.66. The maximum absolute atomic E-state index is 11.6. The lowest BCUT2D eigenvalue weighted by Crippen LogP contribution is -2.24. The fraction of sp³-hybridized carbons (Fsp3) is 0.222. The van der Waals surface area contributed by atoms with Gasteiger partial charge in [0.05, 0.1) is 0 Å². The summed E-state index contributed by atoms with van der Waals surface area (Å²) in [6.07, 6.45) is 6.55. The molecule has 0 aliphatic heterocycles. The normalized spacial score (nSPS) is 10.9. The van der Waals surface area contributed by atoms with E-state index in [1.165, 1.54) is 18.3 Å². The first-order valence-corrected chi connectivity index (χ1v) is 5.69. The summed E-state index contributed by atoms with van der Waals surface area (Å²) < 4.78 is 25.5. The molecule has 1 heterocycles. The number of nitrogens with zero attached hydrogens (tertiary/aromatic N) is 1. The van der Waals surface area contributed by atoms with Gasteiger partial charge in [-0.2, -0.15) is 0 Å². The molecule has 0 unspecified atom stereocenters. The van der Waals surface area contributed by atoms with Gasteiger partial charge in [0.25, 0.3) is 0 Å². The van der Waals surface area contributed by atoms with E-state index in [0.29, 0.717) is 6.42 Å². The van der Waals surface area contributed by atoms with Crippen molar-refractivity contribution in [2.75, 3.05) is 12.3 Å². The van der Waals surface area contributed by atoms with Gasteiger partial charge in [-0.05, 0) is 12.1 Å². The molecule has 0 aromatic carbocycles. The first-order chi connectivity index (χ1) is 7.06. The van der Waals surface area contributed by atoms with E-state index in [1.54, 1.807) is 0 Å². The average molecular weight is 225 g/mol. The Morgan fingerprint density at radius 3 is 2.80 bits per heavy atom. The highest BCUT2D eigenvalue weighted by Crippen LogP contribution is 2.07. The number of nitrogens with one attached hydrogen (secondary N) is 1. The summed E-state index contributed by atoms with van der Waals surface area (Å²) in [5.74, 6) is 2.61. The lowest BCUT2D eigenvalue weighted by Gasteiger charge is -2.04. The van der Waals surface area contributed by atoms with Gasteiger partial charge < -0.3 is 5.73 Å². The molecule has 0 fully saturated rings. The molecular weight excluding hydrogens is 214 g/mol. The van der Waals surface area contributed by atoms with Gasteiger partial charge >= 0.3 is 0 Å². The third-order valence-electron chi connectivity index (χ3n) is 1.63. The van der Waals surface area contributed by atoms with E-state index in [4.69, 9.17) is 12.2 Å². The average Bonchev–Trinajstić information content (AvgIpc) is 2.18. The molecule has 0 atom stereocenters. The van der Waals surface area contributed by atoms with Gasteiger partial charge in [0.15, 0.2) is 0 Å². The molecule has 0 bridgehead atoms. The quantitative estimate of drug-likeness (QED) is 0.556. The largest absolute Gasteiger partial charge is 0.384 e. The van der Waals surface area contributed by atoms with E-state index < -0.39 is 10.0 Å². The third-order valence-corrected chi connectivity index (χ3v) is 3.08. The van der Waals surface area contributed by atoms with E-state index >= 15 is 0 Å². The van der Waals surface area contributed by atoms with Crippen molar-refractivity contribution in [3.63, 3.8) is 0 Å². The van der Waals surface area contributed by atoms with Crippen molar-refractivity contribution in [1.82, 2.24) is 9.71 Å². The molecule has 1 aromatic heterocycles. The summed E-state index contributed by atoms with van der Waals surface area (Å²) in [5.41, 5.74) is 5.34. The minimum Gasteiger partial charge on any atom is -0.384 e. The molecule has 5 nitrogen and oxygen atoms in total. The summed E-state index contributed by atoms with van der Waals surface area (Å²) >= 11 is 0. The second-order valence-electron chi connectivity index (χ2n) is 2.77. The number of rotatable bonds is 4. The fourth-order valence-corrected chi connectivity index (χ4v) is 1.87. The Morgan fingerprint density at radius 2 is 2.27 bits per heavy atom. The van der Waals surface area contributed by atoms with Crippen LogP contribution < -0.4 is 10.5 Å². The van der Waals surface area contributed by atoms with Crippen LogP contribution in [0.25, 0.3) is 0 Å². The number of nitrogens with two attached hydrogens (primary N) is 1. The molecule has 0 aliphatic rings. The van der Waals surface area contributed by atoms with Gasteiger partial charge in [-0.3, -0.25) is 0 Å². The predicted octanol–water partition coefficient (Wildman–Crippen LogP) is -0.0346. The molecule has 3 N–H and O–H groups in total. The zero-order valence-electron chi connectivity index (χ0n) is 7.97. The van der Waals surface area contributed by atoms with Crippen molar-refractivity contribution in [3.8, 4) is 12.3 Å². The Morgan fingerprint density at radius 1 is 1.53 bits per heavy atom. The van der Waals surface area contributed by atoms with Gasteiger partial charge in [0, 0.05) is 19.2 Å². The van der Waals surface area contributed by atoms with E-state index in [1.807, 2.05) is 0 Å². The summed E-state index contributed by atoms with van der Waals surface area (Å²) in [5, 5.41) is 0. The van der Waals surface area contributed by atoms with Crippen LogP contribution in [0, 0.1) is 12.3 Å². The molecule has 15 heavy (non-hydrogen) atoms. The topological polar surface area (TPSA) is 85.1 Å². The minimum absolute atomic E-state index is 0.0775. The number of sulfonamides is 1. The monoisotopic (exact) mass is 225 g/mol. The van der Waals surface area contributed by atoms with Gasteiger partial charge in [-0.25, -0.2) is 18.1 Å². The van der Waals surface area contributed by atoms with Crippen LogP contribution in [0.4, 0.5) is 5.82 Å². The number of hydrogen-bond acceptors (Lipinski definition) is 4. The first-order valence-electron chi connectivity index (χ1n) is 4.21. The Balaban J connectivity index is 2.79. The maximum atomic E-state index is 11.6. The van der Waals surface area contributed by atoms with Gasteiger partial charge in [0.1, 0.15) is 10.7 Å². The van der Waals surface area contributed by atoms with Crippen LogP contribution in [-0.4, -0.2) is 19.9 Å². The molecule has 1 aromatic rings. The zero-order valence-corrected chi connectivity index (χ0v) is 8.79. The first kappa shape index (κ1) is 11.5. The number of hydrogen-bond donors (Lipinski definition) is 2. The van der Waals surface area contributed by atoms with Crippen LogP contribution in [-0.2, 0) is 10.0 Å². The molecule has 0 saturated heterocycles. The molecule has 0 saturated carbocycles. The van der Waals surface area contributed by atoms with Crippen LogP contribution in [0.2, 0.25) is 0 Å². The fourth-order valence-electron chi connectivity index (χ4n) is 0.892. The van der Waals surface area contributed by atoms with Gasteiger partial charge in [-0.15, -0.1) is 12.3 Å². The lowest BCUT2D eigenvalue weighted by atomic mass is 10.5. The van der Waals surface area contributed by atoms with E-state index in [0.717, 1.165) is 0 Å². The Hall–Kier alpha value is -1.58. The number of nitrogen functional groups attached to an aromatic ring is 1. The summed E-state index contributed by atoms with van der Waals surface area (Å²) in [7, 11) is -3.51. The second kappa shape index (κ2) is 4.77. The van der Waals surface area contributed by atoms with Crippen molar-refractivity contribution in [2.45, 2.75) is 11.3 Å². The zero-order chi connectivity index (χ0) is 11.3. The predicted molar refractivity (Wildman–Crippen MR) is 57.3 cm³/mol. The van der Waals surface area contributed by atoms with Crippen LogP contribution in [0.15, 0.2) is 23.2 Å². The highest BCUT2D eigenvalue weighted by molar-refractivity contribution is 7.89. The summed E-state index contributed by atoms with van der Waals surface area (Å²) in [6, 6.07) is 2.82. The van der Waals surface area contributed by atoms with Crippen LogP contribution in [0.3, 0.4) is 0 Å². The van der Waals surface area contributed by atoms with E-state index in [2.05, 4.69) is 15.6 Å². The maximum Gasteiger partial charge on any atom is 0.242 e. The lowest BCUT2D eigenvalue weighted by molar-refractivity contribution is 0.582. The molecule has 0 aliphatic carbocycles. The van der Waals surface area contributed by atoms with Crippen LogP contribution in [0.1, 0.15) is 6.42 Å². The second-order valence-corrected chi connectivity index (χ2v) is 4.54. The van der Waals surface area contributed by atoms with Crippen molar-refractivity contribution in [1.29, 1.82) is 0 Å². The molecule has 0 spiro atoms. The molecule has 1 rings (SSSR count). The molecule has 0 radical (unpaired) electrons. The standard InChI is InChI=1S/C9H11N3O2S/c1-2-3-6-12-15(13,14)8-4-5-9(10)11-7-8/h1,4-5,7,12H,3,6H2,(H2,10,11). The Labute approximate surface area is 88.8 Å². The molecular formula is C9H11N3O2S. The van der Waals surface area contributed by atoms with Crippen molar-refractivity contribution < 1.29 is 8.42 Å². The molecule has 80 valence electrons. The van der Waals surface area contributed by atoms with Crippen molar-refractivity contribution >= 4 is 15.8 Å². The SMILES string of the molecule is C#CCCNS(=O)(=O)c1ccc(N)nc1. The molecule has 6 heteroatoms. The highest BCUT2D eigenvalue weighted by atomic mass is 32.2. The highest BCUT2D eigenvalue weighted by Gasteiger charge is 2.12. The summed E-state index contributed by atoms with van der Waals surface area (Å²) in [4.78, 5) is 3.77. The minimum atomic E-state index is -3.51. The van der Waals surface area contributed by atoms with Gasteiger partial charge in [0.2, 0.25) is 10.0 Å². The van der Waals surface area contributed by atoms with Crippen LogP contribution in [0.5, 0.6) is 0 Å². The van der Waals surface area contributed by atoms with Gasteiger partial charge in [-0.1, -0.05) is 0 Å². The van der Waals surface area contributed by atoms with Crippen LogP contribution >= 0.6 is 0 Å². The van der Waals surface area contributed by atoms with Crippen molar-refractivity contribution in [3.05, 3.63) is 18.3 Å². The summed E-state index contributed by atoms with van der Waals surface area (Å²) in [6.45, 7) is 0.212. The number of terminal acetylenes is 1. The third kappa shape index (κ3) is 3.23. The number of aromatic nitrogens is 1. The number of anilines is 1. The molecule has 0 amide bonds. The van der Waals surface area contributed by atoms with Crippen molar-refractivity contribution in [2.24, 2.45) is 0 Å². The number of pyridine rings is 1. The smallest absolute Gasteiger partial charge is 0.242 e. The Bertz CT molecular complexity index is 459.